The number of hydrogen-bond donors (Lipinski definition) is 0. The molecule has 168 valence electrons. The van der Waals surface area contributed by atoms with Crippen LogP contribution in [0.1, 0.15) is 41.6 Å². The zero-order chi connectivity index (χ0) is 22.6. The van der Waals surface area contributed by atoms with Gasteiger partial charge in [-0.05, 0) is 48.7 Å². The number of carbonyl (C=O) groups excluding carboxylic acids is 1. The number of benzene rings is 2. The van der Waals surface area contributed by atoms with Crippen LogP contribution in [0.5, 0.6) is 5.75 Å². The third kappa shape index (κ3) is 5.52. The van der Waals surface area contributed by atoms with E-state index in [2.05, 4.69) is 0 Å². The number of methoxy groups -OCH3 is 1. The number of sulfonamides is 1. The van der Waals surface area contributed by atoms with E-state index in [-0.39, 0.29) is 22.9 Å². The summed E-state index contributed by atoms with van der Waals surface area (Å²) in [6, 6.07) is 9.60. The Bertz CT molecular complexity index is 1050. The van der Waals surface area contributed by atoms with Gasteiger partial charge in [-0.25, -0.2) is 8.42 Å². The standard InChI is InChI=1S/C22H26Cl2N2O4S/c1-25(15-16-7-9-19(23)20(24)13-16)22(27)18-14-17(8-10-21(18)30-2)31(28,29)26-11-5-3-4-6-12-26/h7-10,13-14H,3-6,11-12,15H2,1-2H3. The van der Waals surface area contributed by atoms with E-state index in [0.717, 1.165) is 31.2 Å². The van der Waals surface area contributed by atoms with Crippen LogP contribution >= 0.6 is 23.2 Å². The molecule has 9 heteroatoms. The predicted molar refractivity (Wildman–Crippen MR) is 122 cm³/mol. The molecular weight excluding hydrogens is 459 g/mol. The summed E-state index contributed by atoms with van der Waals surface area (Å²) < 4.78 is 33.2. The lowest BCUT2D eigenvalue weighted by Gasteiger charge is -2.22. The topological polar surface area (TPSA) is 66.9 Å². The smallest absolute Gasteiger partial charge is 0.257 e. The molecular formula is C22H26Cl2N2O4S. The molecule has 0 N–H and O–H groups in total. The monoisotopic (exact) mass is 484 g/mol. The molecule has 1 amide bonds. The van der Waals surface area contributed by atoms with Crippen molar-refractivity contribution in [3.63, 3.8) is 0 Å². The quantitative estimate of drug-likeness (QED) is 0.588. The van der Waals surface area contributed by atoms with E-state index in [1.807, 2.05) is 0 Å². The predicted octanol–water partition coefficient (Wildman–Crippen LogP) is 4.84. The summed E-state index contributed by atoms with van der Waals surface area (Å²) in [5.74, 6) is -0.0309. The van der Waals surface area contributed by atoms with E-state index >= 15 is 0 Å². The van der Waals surface area contributed by atoms with Gasteiger partial charge < -0.3 is 9.64 Å². The van der Waals surface area contributed by atoms with Crippen molar-refractivity contribution in [1.82, 2.24) is 9.21 Å². The molecule has 1 fully saturated rings. The molecule has 0 bridgehead atoms. The highest BCUT2D eigenvalue weighted by atomic mass is 35.5. The number of halogens is 2. The molecule has 1 aliphatic rings. The van der Waals surface area contributed by atoms with Crippen LogP contribution in [0.3, 0.4) is 0 Å². The Kier molecular flexibility index (Phi) is 7.86. The van der Waals surface area contributed by atoms with Crippen LogP contribution in [0.15, 0.2) is 41.3 Å². The van der Waals surface area contributed by atoms with Gasteiger partial charge in [0.05, 0.1) is 27.6 Å². The fourth-order valence-electron chi connectivity index (χ4n) is 3.64. The first-order valence-electron chi connectivity index (χ1n) is 10.1. The lowest BCUT2D eigenvalue weighted by Crippen LogP contribution is -2.32. The fraction of sp³-hybridized carbons (Fsp3) is 0.409. The van der Waals surface area contributed by atoms with Crippen molar-refractivity contribution < 1.29 is 17.9 Å². The van der Waals surface area contributed by atoms with E-state index in [0.29, 0.717) is 28.9 Å². The summed E-state index contributed by atoms with van der Waals surface area (Å²) in [7, 11) is -0.595. The van der Waals surface area contributed by atoms with Crippen molar-refractivity contribution in [2.24, 2.45) is 0 Å². The molecule has 1 aliphatic heterocycles. The molecule has 1 heterocycles. The van der Waals surface area contributed by atoms with Gasteiger partial charge >= 0.3 is 0 Å². The van der Waals surface area contributed by atoms with Crippen LogP contribution in [-0.2, 0) is 16.6 Å². The maximum absolute atomic E-state index is 13.2. The maximum atomic E-state index is 13.2. The molecule has 0 saturated carbocycles. The zero-order valence-electron chi connectivity index (χ0n) is 17.6. The summed E-state index contributed by atoms with van der Waals surface area (Å²) in [4.78, 5) is 14.8. The van der Waals surface area contributed by atoms with Gasteiger partial charge in [0, 0.05) is 26.7 Å². The first kappa shape index (κ1) is 23.9. The Labute approximate surface area is 193 Å². The van der Waals surface area contributed by atoms with Gasteiger partial charge in [-0.1, -0.05) is 42.1 Å². The van der Waals surface area contributed by atoms with Gasteiger partial charge in [0.2, 0.25) is 10.0 Å². The van der Waals surface area contributed by atoms with E-state index in [4.69, 9.17) is 27.9 Å². The average Bonchev–Trinajstić information content (AvgIpc) is 3.05. The summed E-state index contributed by atoms with van der Waals surface area (Å²) >= 11 is 12.0. The summed E-state index contributed by atoms with van der Waals surface area (Å²) in [5, 5.41) is 0.843. The molecule has 0 radical (unpaired) electrons. The average molecular weight is 485 g/mol. The Morgan fingerprint density at radius 3 is 2.32 bits per heavy atom. The number of hydrogen-bond acceptors (Lipinski definition) is 4. The molecule has 2 aromatic carbocycles. The Morgan fingerprint density at radius 2 is 1.71 bits per heavy atom. The normalized spacial score (nSPS) is 15.4. The van der Waals surface area contributed by atoms with Gasteiger partial charge in [0.25, 0.3) is 5.91 Å². The van der Waals surface area contributed by atoms with Gasteiger partial charge in [-0.15, -0.1) is 0 Å². The Balaban J connectivity index is 1.88. The molecule has 6 nitrogen and oxygen atoms in total. The SMILES string of the molecule is COc1ccc(S(=O)(=O)N2CCCCCC2)cc1C(=O)N(C)Cc1ccc(Cl)c(Cl)c1. The molecule has 0 unspecified atom stereocenters. The van der Waals surface area contributed by atoms with Gasteiger partial charge in [0.15, 0.2) is 0 Å². The van der Waals surface area contributed by atoms with Crippen molar-refractivity contribution in [1.29, 1.82) is 0 Å². The summed E-state index contributed by atoms with van der Waals surface area (Å²) in [5.41, 5.74) is 0.999. The lowest BCUT2D eigenvalue weighted by molar-refractivity contribution is 0.0781. The molecule has 0 spiro atoms. The van der Waals surface area contributed by atoms with Gasteiger partial charge in [-0.2, -0.15) is 4.31 Å². The molecule has 31 heavy (non-hydrogen) atoms. The van der Waals surface area contributed by atoms with Crippen molar-refractivity contribution >= 4 is 39.1 Å². The number of rotatable bonds is 6. The van der Waals surface area contributed by atoms with Crippen LogP contribution in [0.4, 0.5) is 0 Å². The van der Waals surface area contributed by atoms with Crippen molar-refractivity contribution in [3.05, 3.63) is 57.6 Å². The van der Waals surface area contributed by atoms with Gasteiger partial charge in [0.1, 0.15) is 5.75 Å². The summed E-state index contributed by atoms with van der Waals surface area (Å²) in [6.07, 6.45) is 3.73. The van der Waals surface area contributed by atoms with Crippen LogP contribution in [0, 0.1) is 0 Å². The number of ether oxygens (including phenoxy) is 1. The number of amides is 1. The van der Waals surface area contributed by atoms with E-state index < -0.39 is 10.0 Å². The first-order chi connectivity index (χ1) is 14.7. The molecule has 0 aromatic heterocycles. The van der Waals surface area contributed by atoms with Crippen LogP contribution in [-0.4, -0.2) is 50.8 Å². The van der Waals surface area contributed by atoms with Gasteiger partial charge in [-0.3, -0.25) is 4.79 Å². The number of nitrogens with zero attached hydrogens (tertiary/aromatic N) is 2. The third-order valence-electron chi connectivity index (χ3n) is 5.35. The molecule has 0 atom stereocenters. The second-order valence-corrected chi connectivity index (χ2v) is 10.3. The van der Waals surface area contributed by atoms with Crippen molar-refractivity contribution in [2.75, 3.05) is 27.2 Å². The second-order valence-electron chi connectivity index (χ2n) is 7.59. The minimum atomic E-state index is -3.69. The zero-order valence-corrected chi connectivity index (χ0v) is 19.9. The molecule has 0 aliphatic carbocycles. The Morgan fingerprint density at radius 1 is 1.03 bits per heavy atom. The fourth-order valence-corrected chi connectivity index (χ4v) is 5.50. The van der Waals surface area contributed by atoms with Crippen molar-refractivity contribution in [2.45, 2.75) is 37.1 Å². The van der Waals surface area contributed by atoms with Crippen LogP contribution < -0.4 is 4.74 Å². The molecule has 3 rings (SSSR count). The first-order valence-corrected chi connectivity index (χ1v) is 12.3. The largest absolute Gasteiger partial charge is 0.496 e. The maximum Gasteiger partial charge on any atom is 0.257 e. The van der Waals surface area contributed by atoms with Crippen LogP contribution in [0.2, 0.25) is 10.0 Å². The number of carbonyl (C=O) groups is 1. The van der Waals surface area contributed by atoms with Crippen molar-refractivity contribution in [3.8, 4) is 5.75 Å². The third-order valence-corrected chi connectivity index (χ3v) is 7.99. The minimum absolute atomic E-state index is 0.0986. The Hall–Kier alpha value is -1.80. The second kappa shape index (κ2) is 10.2. The van der Waals surface area contributed by atoms with E-state index in [1.54, 1.807) is 25.2 Å². The summed E-state index contributed by atoms with van der Waals surface area (Å²) in [6.45, 7) is 1.27. The van der Waals surface area contributed by atoms with E-state index in [9.17, 15) is 13.2 Å². The van der Waals surface area contributed by atoms with E-state index in [1.165, 1.54) is 34.5 Å². The lowest BCUT2D eigenvalue weighted by atomic mass is 10.1. The molecule has 1 saturated heterocycles. The highest BCUT2D eigenvalue weighted by molar-refractivity contribution is 7.89. The highest BCUT2D eigenvalue weighted by Gasteiger charge is 2.27. The highest BCUT2D eigenvalue weighted by Crippen LogP contribution is 2.28. The van der Waals surface area contributed by atoms with Crippen LogP contribution in [0.25, 0.3) is 0 Å². The minimum Gasteiger partial charge on any atom is -0.496 e. The molecule has 2 aromatic rings.